The van der Waals surface area contributed by atoms with Gasteiger partial charge in [-0.1, -0.05) is 30.3 Å². The van der Waals surface area contributed by atoms with Gasteiger partial charge in [-0.2, -0.15) is 0 Å². The molecule has 1 N–H and O–H groups in total. The molecule has 0 spiro atoms. The van der Waals surface area contributed by atoms with Crippen molar-refractivity contribution < 1.29 is 9.90 Å². The van der Waals surface area contributed by atoms with Crippen LogP contribution in [0.5, 0.6) is 0 Å². The van der Waals surface area contributed by atoms with Crippen molar-refractivity contribution in [3.05, 3.63) is 66.0 Å². The van der Waals surface area contributed by atoms with Crippen molar-refractivity contribution in [1.29, 1.82) is 0 Å². The quantitative estimate of drug-likeness (QED) is 0.904. The van der Waals surface area contributed by atoms with Crippen LogP contribution in [0, 0.1) is 0 Å². The van der Waals surface area contributed by atoms with E-state index < -0.39 is 0 Å². The molecule has 3 rings (SSSR count). The molecule has 0 saturated carbocycles. The highest BCUT2D eigenvalue weighted by Crippen LogP contribution is 2.10. The van der Waals surface area contributed by atoms with E-state index in [1.165, 1.54) is 0 Å². The van der Waals surface area contributed by atoms with Crippen molar-refractivity contribution in [1.82, 2.24) is 14.8 Å². The van der Waals surface area contributed by atoms with Crippen LogP contribution >= 0.6 is 0 Å². The van der Waals surface area contributed by atoms with E-state index in [4.69, 9.17) is 0 Å². The Bertz CT molecular complexity index is 640. The first kappa shape index (κ1) is 16.6. The average molecular weight is 325 g/mol. The summed E-state index contributed by atoms with van der Waals surface area (Å²) in [5.74, 6) is 0.0573. The number of carbonyl (C=O) groups excluding carboxylic acids is 1. The summed E-state index contributed by atoms with van der Waals surface area (Å²) < 4.78 is 0. The van der Waals surface area contributed by atoms with Crippen LogP contribution in [0.25, 0.3) is 0 Å². The highest BCUT2D eigenvalue weighted by atomic mass is 16.3. The monoisotopic (exact) mass is 325 g/mol. The number of hydrogen-bond acceptors (Lipinski definition) is 4. The van der Waals surface area contributed by atoms with Crippen LogP contribution in [0.3, 0.4) is 0 Å². The van der Waals surface area contributed by atoms with E-state index in [2.05, 4.69) is 9.88 Å². The molecule has 126 valence electrons. The standard InChI is InChI=1S/C19H23N3O2/c23-18(14-16-4-2-1-3-5-16)15-21-10-12-22(13-11-21)19(24)17-6-8-20-9-7-17/h1-9,18,23H,10-15H2. The lowest BCUT2D eigenvalue weighted by Crippen LogP contribution is -2.50. The fourth-order valence-corrected chi connectivity index (χ4v) is 3.06. The number of aromatic nitrogens is 1. The Morgan fingerprint density at radius 3 is 2.38 bits per heavy atom. The fraction of sp³-hybridized carbons (Fsp3) is 0.368. The van der Waals surface area contributed by atoms with Gasteiger partial charge in [-0.3, -0.25) is 14.7 Å². The topological polar surface area (TPSA) is 56.7 Å². The van der Waals surface area contributed by atoms with Crippen LogP contribution in [-0.2, 0) is 6.42 Å². The minimum atomic E-state index is -0.380. The normalized spacial score (nSPS) is 16.8. The minimum Gasteiger partial charge on any atom is -0.391 e. The molecule has 24 heavy (non-hydrogen) atoms. The zero-order valence-electron chi connectivity index (χ0n) is 13.7. The molecule has 1 atom stereocenters. The summed E-state index contributed by atoms with van der Waals surface area (Å²) in [4.78, 5) is 20.4. The van der Waals surface area contributed by atoms with E-state index in [9.17, 15) is 9.90 Å². The van der Waals surface area contributed by atoms with Gasteiger partial charge in [-0.25, -0.2) is 0 Å². The number of carbonyl (C=O) groups is 1. The SMILES string of the molecule is O=C(c1ccncc1)N1CCN(CC(O)Cc2ccccc2)CC1. The summed E-state index contributed by atoms with van der Waals surface area (Å²) in [6.07, 6.45) is 3.57. The number of benzene rings is 1. The first-order valence-electron chi connectivity index (χ1n) is 8.36. The van der Waals surface area contributed by atoms with Crippen LogP contribution in [0.15, 0.2) is 54.9 Å². The maximum absolute atomic E-state index is 12.4. The van der Waals surface area contributed by atoms with Crippen molar-refractivity contribution in [2.24, 2.45) is 0 Å². The lowest BCUT2D eigenvalue weighted by Gasteiger charge is -2.35. The number of rotatable bonds is 5. The van der Waals surface area contributed by atoms with Gasteiger partial charge in [0.2, 0.25) is 0 Å². The van der Waals surface area contributed by atoms with E-state index in [1.807, 2.05) is 35.2 Å². The van der Waals surface area contributed by atoms with Gasteiger partial charge in [0.25, 0.3) is 5.91 Å². The Morgan fingerprint density at radius 1 is 1.04 bits per heavy atom. The second kappa shape index (κ2) is 8.04. The Balaban J connectivity index is 1.46. The van der Waals surface area contributed by atoms with Crippen LogP contribution in [0.2, 0.25) is 0 Å². The van der Waals surface area contributed by atoms with Gasteiger partial charge in [0, 0.05) is 50.7 Å². The maximum atomic E-state index is 12.4. The Morgan fingerprint density at radius 2 is 1.71 bits per heavy atom. The first-order valence-corrected chi connectivity index (χ1v) is 8.36. The van der Waals surface area contributed by atoms with Crippen LogP contribution in [0.1, 0.15) is 15.9 Å². The van der Waals surface area contributed by atoms with Gasteiger partial charge < -0.3 is 10.0 Å². The van der Waals surface area contributed by atoms with E-state index in [0.29, 0.717) is 31.6 Å². The number of aliphatic hydroxyl groups is 1. The largest absolute Gasteiger partial charge is 0.391 e. The van der Waals surface area contributed by atoms with E-state index >= 15 is 0 Å². The smallest absolute Gasteiger partial charge is 0.254 e. The molecule has 1 unspecified atom stereocenters. The average Bonchev–Trinajstić information content (AvgIpc) is 2.63. The molecule has 0 radical (unpaired) electrons. The lowest BCUT2D eigenvalue weighted by molar-refractivity contribution is 0.0530. The minimum absolute atomic E-state index is 0.0573. The highest BCUT2D eigenvalue weighted by Gasteiger charge is 2.23. The van der Waals surface area contributed by atoms with Gasteiger partial charge >= 0.3 is 0 Å². The molecule has 1 fully saturated rings. The number of β-amino-alcohol motifs (C(OH)–C–C–N with tert-alkyl or cyclic N) is 1. The Kier molecular flexibility index (Phi) is 5.56. The predicted molar refractivity (Wildman–Crippen MR) is 92.7 cm³/mol. The van der Waals surface area contributed by atoms with Gasteiger partial charge in [0.1, 0.15) is 0 Å². The number of aliphatic hydroxyl groups excluding tert-OH is 1. The van der Waals surface area contributed by atoms with Crippen LogP contribution in [0.4, 0.5) is 0 Å². The van der Waals surface area contributed by atoms with Crippen molar-refractivity contribution in [3.63, 3.8) is 0 Å². The Labute approximate surface area is 142 Å². The second-order valence-corrected chi connectivity index (χ2v) is 6.17. The summed E-state index contributed by atoms with van der Waals surface area (Å²) >= 11 is 0. The van der Waals surface area contributed by atoms with Gasteiger partial charge in [-0.05, 0) is 24.1 Å². The molecule has 1 aliphatic rings. The van der Waals surface area contributed by atoms with Gasteiger partial charge in [-0.15, -0.1) is 0 Å². The third-order valence-corrected chi connectivity index (χ3v) is 4.37. The molecule has 5 heteroatoms. The van der Waals surface area contributed by atoms with Crippen LogP contribution in [-0.4, -0.2) is 64.6 Å². The van der Waals surface area contributed by atoms with Crippen molar-refractivity contribution in [2.45, 2.75) is 12.5 Å². The summed E-state index contributed by atoms with van der Waals surface area (Å²) in [6, 6.07) is 13.5. The third-order valence-electron chi connectivity index (χ3n) is 4.37. The molecule has 1 amide bonds. The molecule has 0 aliphatic carbocycles. The molecule has 1 aliphatic heterocycles. The molecule has 1 aromatic carbocycles. The van der Waals surface area contributed by atoms with Crippen molar-refractivity contribution in [2.75, 3.05) is 32.7 Å². The molecule has 2 aromatic rings. The maximum Gasteiger partial charge on any atom is 0.254 e. The zero-order valence-corrected chi connectivity index (χ0v) is 13.7. The second-order valence-electron chi connectivity index (χ2n) is 6.17. The lowest BCUT2D eigenvalue weighted by atomic mass is 10.1. The molecule has 2 heterocycles. The third kappa shape index (κ3) is 4.40. The van der Waals surface area contributed by atoms with Gasteiger partial charge in [0.15, 0.2) is 0 Å². The summed E-state index contributed by atoms with van der Waals surface area (Å²) in [7, 11) is 0. The van der Waals surface area contributed by atoms with E-state index in [1.54, 1.807) is 24.5 Å². The summed E-state index contributed by atoms with van der Waals surface area (Å²) in [5.41, 5.74) is 1.83. The molecular weight excluding hydrogens is 302 g/mol. The van der Waals surface area contributed by atoms with E-state index in [0.717, 1.165) is 18.7 Å². The van der Waals surface area contributed by atoms with Gasteiger partial charge in [0.05, 0.1) is 6.10 Å². The van der Waals surface area contributed by atoms with E-state index in [-0.39, 0.29) is 12.0 Å². The zero-order chi connectivity index (χ0) is 16.8. The fourth-order valence-electron chi connectivity index (χ4n) is 3.06. The molecule has 1 aromatic heterocycles. The van der Waals surface area contributed by atoms with Crippen molar-refractivity contribution in [3.8, 4) is 0 Å². The molecular formula is C19H23N3O2. The molecule has 5 nitrogen and oxygen atoms in total. The summed E-state index contributed by atoms with van der Waals surface area (Å²) in [6.45, 7) is 3.62. The number of nitrogens with zero attached hydrogens (tertiary/aromatic N) is 3. The molecule has 1 saturated heterocycles. The highest BCUT2D eigenvalue weighted by molar-refractivity contribution is 5.94. The number of piperazine rings is 1. The number of pyridine rings is 1. The number of hydrogen-bond donors (Lipinski definition) is 1. The molecule has 0 bridgehead atoms. The number of amides is 1. The first-order chi connectivity index (χ1) is 11.7. The predicted octanol–water partition coefficient (Wildman–Crippen LogP) is 1.44. The Hall–Kier alpha value is -2.24. The van der Waals surface area contributed by atoms with Crippen LogP contribution < -0.4 is 0 Å². The summed E-state index contributed by atoms with van der Waals surface area (Å²) in [5, 5.41) is 10.3. The van der Waals surface area contributed by atoms with Crippen molar-refractivity contribution >= 4 is 5.91 Å².